The van der Waals surface area contributed by atoms with E-state index >= 15 is 0 Å². The first-order valence-corrected chi connectivity index (χ1v) is 4.76. The van der Waals surface area contributed by atoms with Crippen LogP contribution in [0.5, 0.6) is 0 Å². The lowest BCUT2D eigenvalue weighted by Gasteiger charge is -2.25. The van der Waals surface area contributed by atoms with E-state index in [0.29, 0.717) is 0 Å². The molecule has 0 unspecified atom stereocenters. The number of aromatic nitrogens is 2. The summed E-state index contributed by atoms with van der Waals surface area (Å²) in [6, 6.07) is 6.25. The second kappa shape index (κ2) is 3.10. The summed E-state index contributed by atoms with van der Waals surface area (Å²) in [4.78, 5) is 0. The molecule has 3 nitrogen and oxygen atoms in total. The molecule has 74 valence electrons. The number of rotatable bonds is 2. The Morgan fingerprint density at radius 1 is 1.36 bits per heavy atom. The third-order valence-corrected chi connectivity index (χ3v) is 2.78. The van der Waals surface area contributed by atoms with Crippen LogP contribution in [0, 0.1) is 0 Å². The Balaban J connectivity index is 2.67. The van der Waals surface area contributed by atoms with Crippen molar-refractivity contribution in [3.05, 3.63) is 30.0 Å². The van der Waals surface area contributed by atoms with Gasteiger partial charge in [0.25, 0.3) is 0 Å². The van der Waals surface area contributed by atoms with Crippen LogP contribution in [0.25, 0.3) is 10.9 Å². The Bertz CT molecular complexity index is 442. The highest BCUT2D eigenvalue weighted by Crippen LogP contribution is 2.26. The number of para-hydroxylation sites is 1. The minimum atomic E-state index is -0.0357. The fourth-order valence-electron chi connectivity index (χ4n) is 1.62. The van der Waals surface area contributed by atoms with Gasteiger partial charge in [-0.05, 0) is 26.5 Å². The molecule has 0 radical (unpaired) electrons. The Labute approximate surface area is 83.5 Å². The molecule has 0 saturated heterocycles. The molecule has 1 aromatic heterocycles. The van der Waals surface area contributed by atoms with Crippen LogP contribution in [-0.4, -0.2) is 17.2 Å². The van der Waals surface area contributed by atoms with E-state index in [2.05, 4.69) is 47.6 Å². The van der Waals surface area contributed by atoms with Crippen molar-refractivity contribution in [2.24, 2.45) is 0 Å². The van der Waals surface area contributed by atoms with Gasteiger partial charge >= 0.3 is 0 Å². The second-order valence-corrected chi connectivity index (χ2v) is 4.01. The Morgan fingerprint density at radius 2 is 2.14 bits per heavy atom. The largest absolute Gasteiger partial charge is 0.311 e. The van der Waals surface area contributed by atoms with Crippen molar-refractivity contribution in [2.75, 3.05) is 7.05 Å². The highest BCUT2D eigenvalue weighted by atomic mass is 15.1. The quantitative estimate of drug-likeness (QED) is 0.758. The summed E-state index contributed by atoms with van der Waals surface area (Å²) in [6.07, 6.45) is 1.85. The normalized spacial score (nSPS) is 12.2. The van der Waals surface area contributed by atoms with Crippen LogP contribution < -0.4 is 5.32 Å². The Morgan fingerprint density at radius 3 is 2.86 bits per heavy atom. The van der Waals surface area contributed by atoms with E-state index in [0.717, 1.165) is 10.9 Å². The van der Waals surface area contributed by atoms with E-state index in [1.165, 1.54) is 5.56 Å². The molecule has 0 fully saturated rings. The predicted molar refractivity (Wildman–Crippen MR) is 58.2 cm³/mol. The van der Waals surface area contributed by atoms with Crippen LogP contribution in [0.3, 0.4) is 0 Å². The maximum atomic E-state index is 4.06. The average Bonchev–Trinajstić information content (AvgIpc) is 2.64. The molecule has 0 amide bonds. The molecule has 1 heterocycles. The number of hydrogen-bond acceptors (Lipinski definition) is 2. The van der Waals surface area contributed by atoms with Crippen molar-refractivity contribution >= 4 is 10.9 Å². The third-order valence-electron chi connectivity index (χ3n) is 2.78. The zero-order valence-corrected chi connectivity index (χ0v) is 8.76. The molecular formula is C11H15N3. The van der Waals surface area contributed by atoms with Crippen LogP contribution >= 0.6 is 0 Å². The van der Waals surface area contributed by atoms with E-state index in [1.807, 2.05) is 13.2 Å². The summed E-state index contributed by atoms with van der Waals surface area (Å²) in [5.74, 6) is 0. The van der Waals surface area contributed by atoms with Crippen LogP contribution in [0.4, 0.5) is 0 Å². The van der Waals surface area contributed by atoms with Crippen LogP contribution in [0.1, 0.15) is 19.4 Å². The molecule has 0 aliphatic rings. The lowest BCUT2D eigenvalue weighted by Crippen LogP contribution is -2.33. The molecule has 2 N–H and O–H groups in total. The van der Waals surface area contributed by atoms with Gasteiger partial charge < -0.3 is 5.32 Å². The number of H-pyrrole nitrogens is 1. The average molecular weight is 189 g/mol. The van der Waals surface area contributed by atoms with E-state index in [-0.39, 0.29) is 5.54 Å². The van der Waals surface area contributed by atoms with E-state index < -0.39 is 0 Å². The molecule has 2 aromatic rings. The maximum Gasteiger partial charge on any atom is 0.0700 e. The zero-order valence-electron chi connectivity index (χ0n) is 8.76. The lowest BCUT2D eigenvalue weighted by atomic mass is 9.93. The molecule has 0 atom stereocenters. The van der Waals surface area contributed by atoms with Crippen molar-refractivity contribution in [1.29, 1.82) is 0 Å². The van der Waals surface area contributed by atoms with Gasteiger partial charge in [-0.25, -0.2) is 0 Å². The number of nitrogens with zero attached hydrogens (tertiary/aromatic N) is 1. The van der Waals surface area contributed by atoms with Gasteiger partial charge in [0.2, 0.25) is 0 Å². The molecule has 1 aromatic carbocycles. The molecule has 2 rings (SSSR count). The van der Waals surface area contributed by atoms with Gasteiger partial charge in [0, 0.05) is 10.9 Å². The third kappa shape index (κ3) is 1.30. The monoisotopic (exact) mass is 189 g/mol. The fraction of sp³-hybridized carbons (Fsp3) is 0.364. The molecule has 0 aliphatic carbocycles. The topological polar surface area (TPSA) is 40.7 Å². The van der Waals surface area contributed by atoms with Gasteiger partial charge in [0.15, 0.2) is 0 Å². The number of aromatic amines is 1. The number of hydrogen-bond donors (Lipinski definition) is 2. The number of fused-ring (bicyclic) bond motifs is 1. The van der Waals surface area contributed by atoms with Gasteiger partial charge in [-0.3, -0.25) is 5.10 Å². The molecule has 0 spiro atoms. The van der Waals surface area contributed by atoms with Gasteiger partial charge in [0.1, 0.15) is 0 Å². The summed E-state index contributed by atoms with van der Waals surface area (Å²) < 4.78 is 0. The molecule has 0 bridgehead atoms. The fourth-order valence-corrected chi connectivity index (χ4v) is 1.62. The van der Waals surface area contributed by atoms with Gasteiger partial charge in [-0.15, -0.1) is 0 Å². The second-order valence-electron chi connectivity index (χ2n) is 4.01. The van der Waals surface area contributed by atoms with Gasteiger partial charge in [0.05, 0.1) is 11.7 Å². The predicted octanol–water partition coefficient (Wildman–Crippen LogP) is 2.02. The van der Waals surface area contributed by atoms with Gasteiger partial charge in [-0.1, -0.05) is 18.2 Å². The van der Waals surface area contributed by atoms with Crippen LogP contribution in [0.2, 0.25) is 0 Å². The van der Waals surface area contributed by atoms with Crippen molar-refractivity contribution in [2.45, 2.75) is 19.4 Å². The van der Waals surface area contributed by atoms with Crippen molar-refractivity contribution < 1.29 is 0 Å². The smallest absolute Gasteiger partial charge is 0.0700 e. The Hall–Kier alpha value is -1.35. The van der Waals surface area contributed by atoms with Gasteiger partial charge in [-0.2, -0.15) is 5.10 Å². The summed E-state index contributed by atoms with van der Waals surface area (Å²) >= 11 is 0. The lowest BCUT2D eigenvalue weighted by molar-refractivity contribution is 0.447. The first-order chi connectivity index (χ1) is 6.65. The highest BCUT2D eigenvalue weighted by molar-refractivity contribution is 5.82. The van der Waals surface area contributed by atoms with Crippen molar-refractivity contribution in [3.8, 4) is 0 Å². The summed E-state index contributed by atoms with van der Waals surface area (Å²) in [6.45, 7) is 4.31. The summed E-state index contributed by atoms with van der Waals surface area (Å²) in [5.41, 5.74) is 2.33. The maximum absolute atomic E-state index is 4.06. The van der Waals surface area contributed by atoms with E-state index in [4.69, 9.17) is 0 Å². The highest BCUT2D eigenvalue weighted by Gasteiger charge is 2.20. The molecule has 14 heavy (non-hydrogen) atoms. The molecule has 0 aliphatic heterocycles. The number of benzene rings is 1. The zero-order chi connectivity index (χ0) is 10.2. The van der Waals surface area contributed by atoms with Crippen LogP contribution in [-0.2, 0) is 5.54 Å². The summed E-state index contributed by atoms with van der Waals surface area (Å²) in [7, 11) is 1.97. The summed E-state index contributed by atoms with van der Waals surface area (Å²) in [5, 5.41) is 11.5. The number of nitrogens with one attached hydrogen (secondary N) is 2. The SMILES string of the molecule is CNC(C)(C)c1cccc2cn[nH]c12. The van der Waals surface area contributed by atoms with Crippen molar-refractivity contribution in [3.63, 3.8) is 0 Å². The van der Waals surface area contributed by atoms with E-state index in [9.17, 15) is 0 Å². The Kier molecular flexibility index (Phi) is 2.04. The first kappa shape index (κ1) is 9.21. The minimum absolute atomic E-state index is 0.0357. The molecular weight excluding hydrogens is 174 g/mol. The standard InChI is InChI=1S/C11H15N3/c1-11(2,12-3)9-6-4-5-8-7-13-14-10(8)9/h4-7,12H,1-3H3,(H,13,14). The van der Waals surface area contributed by atoms with Crippen molar-refractivity contribution in [1.82, 2.24) is 15.5 Å². The molecule has 0 saturated carbocycles. The van der Waals surface area contributed by atoms with Crippen LogP contribution in [0.15, 0.2) is 24.4 Å². The minimum Gasteiger partial charge on any atom is -0.311 e. The van der Waals surface area contributed by atoms with E-state index in [1.54, 1.807) is 0 Å². The first-order valence-electron chi connectivity index (χ1n) is 4.76. The molecule has 3 heteroatoms.